The lowest BCUT2D eigenvalue weighted by atomic mass is 10.1. The molecule has 1 atom stereocenters. The van der Waals surface area contributed by atoms with Gasteiger partial charge in [0.2, 0.25) is 0 Å². The van der Waals surface area contributed by atoms with Crippen molar-refractivity contribution in [2.45, 2.75) is 12.5 Å². The first-order valence-electron chi connectivity index (χ1n) is 4.44. The fraction of sp³-hybridized carbons (Fsp3) is 0.400. The number of hydrogen-bond acceptors (Lipinski definition) is 2. The Morgan fingerprint density at radius 3 is 2.27 bits per heavy atom. The van der Waals surface area contributed by atoms with Crippen LogP contribution in [0.1, 0.15) is 11.6 Å². The van der Waals surface area contributed by atoms with Gasteiger partial charge in [-0.2, -0.15) is 0 Å². The molecule has 2 N–H and O–H groups in total. The van der Waals surface area contributed by atoms with Gasteiger partial charge in [0, 0.05) is 14.1 Å². The highest BCUT2D eigenvalue weighted by Crippen LogP contribution is 2.23. The fourth-order valence-corrected chi connectivity index (χ4v) is 1.24. The average Bonchev–Trinajstić information content (AvgIpc) is 2.15. The van der Waals surface area contributed by atoms with Crippen molar-refractivity contribution in [1.29, 1.82) is 0 Å². The molecule has 0 saturated heterocycles. The van der Waals surface area contributed by atoms with E-state index in [4.69, 9.17) is 5.73 Å². The number of alkyl halides is 2. The second kappa shape index (κ2) is 4.53. The first-order chi connectivity index (χ1) is 6.93. The van der Waals surface area contributed by atoms with E-state index in [9.17, 15) is 13.2 Å². The molecule has 0 fully saturated rings. The van der Waals surface area contributed by atoms with Crippen molar-refractivity contribution >= 4 is 5.69 Å². The second-order valence-electron chi connectivity index (χ2n) is 3.47. The molecule has 0 amide bonds. The van der Waals surface area contributed by atoms with Gasteiger partial charge < -0.3 is 10.6 Å². The van der Waals surface area contributed by atoms with Crippen LogP contribution in [0, 0.1) is 5.82 Å². The second-order valence-corrected chi connectivity index (χ2v) is 3.47. The lowest BCUT2D eigenvalue weighted by Gasteiger charge is -2.16. The van der Waals surface area contributed by atoms with Gasteiger partial charge in [-0.25, -0.2) is 13.2 Å². The zero-order chi connectivity index (χ0) is 11.6. The molecule has 0 aliphatic carbocycles. The zero-order valence-electron chi connectivity index (χ0n) is 8.55. The van der Waals surface area contributed by atoms with Crippen molar-refractivity contribution in [3.05, 3.63) is 29.6 Å². The Balaban J connectivity index is 3.01. The quantitative estimate of drug-likeness (QED) is 0.842. The number of anilines is 1. The lowest BCUT2D eigenvalue weighted by Crippen LogP contribution is -2.19. The van der Waals surface area contributed by atoms with Crippen molar-refractivity contribution in [3.63, 3.8) is 0 Å². The third kappa shape index (κ3) is 2.62. The minimum Gasteiger partial charge on any atom is -0.375 e. The van der Waals surface area contributed by atoms with Gasteiger partial charge in [-0.3, -0.25) is 0 Å². The van der Waals surface area contributed by atoms with Gasteiger partial charge in [-0.05, 0) is 17.7 Å². The Kier molecular flexibility index (Phi) is 3.57. The highest BCUT2D eigenvalue weighted by atomic mass is 19.3. The summed E-state index contributed by atoms with van der Waals surface area (Å²) < 4.78 is 37.9. The molecule has 1 aromatic rings. The number of nitrogens with zero attached hydrogens (tertiary/aromatic N) is 1. The third-order valence-corrected chi connectivity index (χ3v) is 2.11. The maximum atomic E-state index is 13.4. The Morgan fingerprint density at radius 2 is 1.87 bits per heavy atom. The molecule has 0 aliphatic rings. The van der Waals surface area contributed by atoms with Gasteiger partial charge in [0.1, 0.15) is 5.82 Å². The SMILES string of the molecule is CN(C)c1ccc(C(N)C(F)F)cc1F. The molecule has 0 radical (unpaired) electrons. The van der Waals surface area contributed by atoms with E-state index in [1.54, 1.807) is 19.0 Å². The van der Waals surface area contributed by atoms with Crippen LogP contribution >= 0.6 is 0 Å². The molecular formula is C10H13F3N2. The molecule has 0 spiro atoms. The number of nitrogens with two attached hydrogens (primary N) is 1. The maximum absolute atomic E-state index is 13.4. The van der Waals surface area contributed by atoms with Gasteiger partial charge in [0.15, 0.2) is 0 Å². The van der Waals surface area contributed by atoms with Crippen molar-refractivity contribution in [1.82, 2.24) is 0 Å². The summed E-state index contributed by atoms with van der Waals surface area (Å²) in [6.45, 7) is 0. The van der Waals surface area contributed by atoms with Crippen LogP contribution in [0.2, 0.25) is 0 Å². The van der Waals surface area contributed by atoms with Gasteiger partial charge >= 0.3 is 0 Å². The van der Waals surface area contributed by atoms with Gasteiger partial charge in [0.25, 0.3) is 6.43 Å². The number of rotatable bonds is 3. The van der Waals surface area contributed by atoms with Gasteiger partial charge in [-0.15, -0.1) is 0 Å². The predicted octanol–water partition coefficient (Wildman–Crippen LogP) is 2.16. The molecule has 84 valence electrons. The van der Waals surface area contributed by atoms with Crippen LogP contribution in [0.15, 0.2) is 18.2 Å². The molecule has 1 aromatic carbocycles. The predicted molar refractivity (Wildman–Crippen MR) is 53.7 cm³/mol. The highest BCUT2D eigenvalue weighted by molar-refractivity contribution is 5.48. The van der Waals surface area contributed by atoms with Gasteiger partial charge in [0.05, 0.1) is 11.7 Å². The maximum Gasteiger partial charge on any atom is 0.257 e. The van der Waals surface area contributed by atoms with E-state index < -0.39 is 18.3 Å². The molecule has 5 heteroatoms. The van der Waals surface area contributed by atoms with Crippen LogP contribution < -0.4 is 10.6 Å². The summed E-state index contributed by atoms with van der Waals surface area (Å²) in [5.74, 6) is -0.548. The molecular weight excluding hydrogens is 205 g/mol. The van der Waals surface area contributed by atoms with Crippen LogP contribution in [0.5, 0.6) is 0 Å². The molecule has 0 aliphatic heterocycles. The number of halogens is 3. The van der Waals surface area contributed by atoms with Crippen molar-refractivity contribution in [3.8, 4) is 0 Å². The monoisotopic (exact) mass is 218 g/mol. The van der Waals surface area contributed by atoms with Crippen molar-refractivity contribution < 1.29 is 13.2 Å². The standard InChI is InChI=1S/C10H13F3N2/c1-15(2)8-4-3-6(5-7(8)11)9(14)10(12)13/h3-5,9-10H,14H2,1-2H3. The third-order valence-electron chi connectivity index (χ3n) is 2.11. The molecule has 0 bridgehead atoms. The Bertz CT molecular complexity index is 339. The van der Waals surface area contributed by atoms with E-state index in [1.807, 2.05) is 0 Å². The minimum absolute atomic E-state index is 0.105. The molecule has 2 nitrogen and oxygen atoms in total. The average molecular weight is 218 g/mol. The smallest absolute Gasteiger partial charge is 0.257 e. The molecule has 0 aromatic heterocycles. The summed E-state index contributed by atoms with van der Waals surface area (Å²) >= 11 is 0. The summed E-state index contributed by atoms with van der Waals surface area (Å²) in [7, 11) is 3.34. The van der Waals surface area contributed by atoms with Crippen molar-refractivity contribution in [2.75, 3.05) is 19.0 Å². The number of benzene rings is 1. The van der Waals surface area contributed by atoms with Crippen LogP contribution in [0.3, 0.4) is 0 Å². The lowest BCUT2D eigenvalue weighted by molar-refractivity contribution is 0.116. The molecule has 0 saturated carbocycles. The molecule has 1 unspecified atom stereocenters. The van der Waals surface area contributed by atoms with Gasteiger partial charge in [-0.1, -0.05) is 6.07 Å². The van der Waals surface area contributed by atoms with E-state index in [1.165, 1.54) is 12.1 Å². The number of hydrogen-bond donors (Lipinski definition) is 1. The normalized spacial score (nSPS) is 13.0. The van der Waals surface area contributed by atoms with E-state index in [0.29, 0.717) is 5.69 Å². The molecule has 0 heterocycles. The van der Waals surface area contributed by atoms with E-state index in [-0.39, 0.29) is 5.56 Å². The fourth-order valence-electron chi connectivity index (χ4n) is 1.24. The largest absolute Gasteiger partial charge is 0.375 e. The minimum atomic E-state index is -2.69. The highest BCUT2D eigenvalue weighted by Gasteiger charge is 2.18. The molecule has 1 rings (SSSR count). The van der Waals surface area contributed by atoms with Crippen LogP contribution in [0.25, 0.3) is 0 Å². The Labute approximate surface area is 86.5 Å². The van der Waals surface area contributed by atoms with Crippen LogP contribution in [-0.2, 0) is 0 Å². The van der Waals surface area contributed by atoms with E-state index >= 15 is 0 Å². The first-order valence-corrected chi connectivity index (χ1v) is 4.44. The zero-order valence-corrected chi connectivity index (χ0v) is 8.55. The summed E-state index contributed by atoms with van der Waals surface area (Å²) in [4.78, 5) is 1.56. The molecule has 15 heavy (non-hydrogen) atoms. The summed E-state index contributed by atoms with van der Waals surface area (Å²) in [6.07, 6.45) is -2.69. The van der Waals surface area contributed by atoms with Crippen LogP contribution in [0.4, 0.5) is 18.9 Å². The topological polar surface area (TPSA) is 29.3 Å². The van der Waals surface area contributed by atoms with Crippen LogP contribution in [-0.4, -0.2) is 20.5 Å². The summed E-state index contributed by atoms with van der Waals surface area (Å²) in [6, 6.07) is 2.46. The van der Waals surface area contributed by atoms with Crippen molar-refractivity contribution in [2.24, 2.45) is 5.73 Å². The first kappa shape index (κ1) is 11.8. The van der Waals surface area contributed by atoms with E-state index in [2.05, 4.69) is 0 Å². The summed E-state index contributed by atoms with van der Waals surface area (Å²) in [5.41, 5.74) is 5.65. The Hall–Kier alpha value is -1.23. The Morgan fingerprint density at radius 1 is 1.27 bits per heavy atom. The summed E-state index contributed by atoms with van der Waals surface area (Å²) in [5, 5.41) is 0. The van der Waals surface area contributed by atoms with E-state index in [0.717, 1.165) is 6.07 Å².